The summed E-state index contributed by atoms with van der Waals surface area (Å²) in [6, 6.07) is 12.1. The van der Waals surface area contributed by atoms with Crippen LogP contribution in [-0.2, 0) is 0 Å². The molecule has 4 nitrogen and oxygen atoms in total. The summed E-state index contributed by atoms with van der Waals surface area (Å²) in [5, 5.41) is 11.7. The highest BCUT2D eigenvalue weighted by atomic mass is 79.9. The molecule has 2 aromatic rings. The first-order chi connectivity index (χ1) is 9.20. The molecule has 0 bridgehead atoms. The molecule has 0 atom stereocenters. The van der Waals surface area contributed by atoms with Crippen molar-refractivity contribution >= 4 is 21.7 Å². The molecule has 1 aromatic heterocycles. The maximum atomic E-state index is 4.29. The van der Waals surface area contributed by atoms with Crippen molar-refractivity contribution in [2.24, 2.45) is 0 Å². The van der Waals surface area contributed by atoms with E-state index in [0.29, 0.717) is 0 Å². The van der Waals surface area contributed by atoms with Crippen LogP contribution in [0.5, 0.6) is 0 Å². The Morgan fingerprint density at radius 2 is 2.05 bits per heavy atom. The first-order valence-corrected chi connectivity index (χ1v) is 6.95. The molecule has 0 unspecified atom stereocenters. The third kappa shape index (κ3) is 3.75. The van der Waals surface area contributed by atoms with E-state index in [1.165, 1.54) is 0 Å². The largest absolute Gasteiger partial charge is 0.357 e. The molecule has 5 heteroatoms. The molecule has 1 heterocycles. The van der Waals surface area contributed by atoms with Gasteiger partial charge in [-0.05, 0) is 31.3 Å². The number of rotatable bonds is 5. The topological polar surface area (TPSA) is 41.0 Å². The summed E-state index contributed by atoms with van der Waals surface area (Å²) in [5.74, 6) is 0.883. The molecule has 1 N–H and O–H groups in total. The smallest absolute Gasteiger partial charge is 0.151 e. The van der Waals surface area contributed by atoms with E-state index in [1.54, 1.807) is 0 Å². The summed E-state index contributed by atoms with van der Waals surface area (Å²) in [6.45, 7) is 1.83. The van der Waals surface area contributed by atoms with Gasteiger partial charge in [0.2, 0.25) is 0 Å². The summed E-state index contributed by atoms with van der Waals surface area (Å²) in [7, 11) is 3.95. The normalized spacial score (nSPS) is 10.5. The Labute approximate surface area is 122 Å². The number of nitrogens with zero attached hydrogens (tertiary/aromatic N) is 3. The Bertz CT molecular complexity index is 527. The van der Waals surface area contributed by atoms with E-state index >= 15 is 0 Å². The minimum atomic E-state index is 0.882. The van der Waals surface area contributed by atoms with Crippen molar-refractivity contribution < 1.29 is 0 Å². The molecule has 0 spiro atoms. The first-order valence-electron chi connectivity index (χ1n) is 6.16. The van der Waals surface area contributed by atoms with Crippen molar-refractivity contribution in [1.82, 2.24) is 15.5 Å². The molecule has 0 saturated heterocycles. The van der Waals surface area contributed by atoms with Crippen LogP contribution in [0.3, 0.4) is 0 Å². The van der Waals surface area contributed by atoms with Crippen LogP contribution in [0.25, 0.3) is 11.3 Å². The summed E-state index contributed by atoms with van der Waals surface area (Å²) in [6.07, 6.45) is 0. The van der Waals surface area contributed by atoms with Crippen LogP contribution in [-0.4, -0.2) is 37.4 Å². The molecule has 0 aliphatic heterocycles. The lowest BCUT2D eigenvalue weighted by Gasteiger charge is -2.17. The van der Waals surface area contributed by atoms with Gasteiger partial charge in [-0.2, -0.15) is 0 Å². The van der Waals surface area contributed by atoms with Gasteiger partial charge in [-0.1, -0.05) is 28.1 Å². The molecule has 0 fully saturated rings. The van der Waals surface area contributed by atoms with Gasteiger partial charge < -0.3 is 10.2 Å². The molecule has 0 radical (unpaired) electrons. The third-order valence-electron chi connectivity index (χ3n) is 2.86. The Hall–Kier alpha value is -1.46. The third-order valence-corrected chi connectivity index (χ3v) is 3.35. The van der Waals surface area contributed by atoms with Gasteiger partial charge in [0, 0.05) is 30.2 Å². The van der Waals surface area contributed by atoms with Crippen molar-refractivity contribution in [1.29, 1.82) is 0 Å². The van der Waals surface area contributed by atoms with Gasteiger partial charge in [0.1, 0.15) is 0 Å². The molecule has 19 heavy (non-hydrogen) atoms. The van der Waals surface area contributed by atoms with E-state index < -0.39 is 0 Å². The number of hydrogen-bond donors (Lipinski definition) is 1. The van der Waals surface area contributed by atoms with Crippen LogP contribution in [0.2, 0.25) is 0 Å². The zero-order valence-electron chi connectivity index (χ0n) is 11.1. The molecular weight excluding hydrogens is 304 g/mol. The predicted octanol–water partition coefficient (Wildman–Crippen LogP) is 2.56. The second-order valence-electron chi connectivity index (χ2n) is 4.31. The summed E-state index contributed by atoms with van der Waals surface area (Å²) >= 11 is 3.46. The van der Waals surface area contributed by atoms with Crippen molar-refractivity contribution in [3.63, 3.8) is 0 Å². The Morgan fingerprint density at radius 3 is 2.68 bits per heavy atom. The fourth-order valence-electron chi connectivity index (χ4n) is 1.72. The number of anilines is 1. The maximum absolute atomic E-state index is 4.29. The molecule has 2 rings (SSSR count). The Morgan fingerprint density at radius 1 is 1.21 bits per heavy atom. The van der Waals surface area contributed by atoms with Crippen LogP contribution >= 0.6 is 15.9 Å². The van der Waals surface area contributed by atoms with Crippen molar-refractivity contribution in [3.8, 4) is 11.3 Å². The molecule has 0 amide bonds. The van der Waals surface area contributed by atoms with Crippen molar-refractivity contribution in [2.75, 3.05) is 32.1 Å². The number of aromatic nitrogens is 2. The van der Waals surface area contributed by atoms with Crippen LogP contribution in [0.4, 0.5) is 5.82 Å². The average Bonchev–Trinajstić information content (AvgIpc) is 2.45. The molecular formula is C14H17BrN4. The van der Waals surface area contributed by atoms with E-state index in [-0.39, 0.29) is 0 Å². The standard InChI is InChI=1S/C14H17BrN4/c1-16-8-9-19(2)14-7-6-13(17-18-14)11-4-3-5-12(15)10-11/h3-7,10,16H,8-9H2,1-2H3. The van der Waals surface area contributed by atoms with Crippen LogP contribution < -0.4 is 10.2 Å². The van der Waals surface area contributed by atoms with Gasteiger partial charge in [0.05, 0.1) is 5.69 Å². The van der Waals surface area contributed by atoms with Gasteiger partial charge in [-0.25, -0.2) is 0 Å². The van der Waals surface area contributed by atoms with Crippen LogP contribution in [0.1, 0.15) is 0 Å². The lowest BCUT2D eigenvalue weighted by Crippen LogP contribution is -2.27. The predicted molar refractivity (Wildman–Crippen MR) is 82.4 cm³/mol. The highest BCUT2D eigenvalue weighted by molar-refractivity contribution is 9.10. The Balaban J connectivity index is 2.14. The van der Waals surface area contributed by atoms with E-state index in [0.717, 1.165) is 34.6 Å². The first kappa shape index (κ1) is 14.0. The van der Waals surface area contributed by atoms with Gasteiger partial charge in [0.15, 0.2) is 5.82 Å². The average molecular weight is 321 g/mol. The summed E-state index contributed by atoms with van der Waals surface area (Å²) < 4.78 is 1.04. The number of benzene rings is 1. The maximum Gasteiger partial charge on any atom is 0.151 e. The zero-order chi connectivity index (χ0) is 13.7. The lowest BCUT2D eigenvalue weighted by atomic mass is 10.1. The van der Waals surface area contributed by atoms with Crippen molar-refractivity contribution in [2.45, 2.75) is 0 Å². The molecule has 0 aliphatic rings. The number of hydrogen-bond acceptors (Lipinski definition) is 4. The fourth-order valence-corrected chi connectivity index (χ4v) is 2.12. The Kier molecular flexibility index (Phi) is 4.87. The number of likely N-dealkylation sites (N-methyl/N-ethyl adjacent to an activating group) is 2. The van der Waals surface area contributed by atoms with Gasteiger partial charge in [0.25, 0.3) is 0 Å². The molecule has 1 aromatic carbocycles. The minimum Gasteiger partial charge on any atom is -0.357 e. The van der Waals surface area contributed by atoms with Crippen LogP contribution in [0, 0.1) is 0 Å². The number of nitrogens with one attached hydrogen (secondary N) is 1. The van der Waals surface area contributed by atoms with Gasteiger partial charge in [-0.15, -0.1) is 10.2 Å². The van der Waals surface area contributed by atoms with E-state index in [1.807, 2.05) is 50.5 Å². The molecule has 0 saturated carbocycles. The fraction of sp³-hybridized carbons (Fsp3) is 0.286. The summed E-state index contributed by atoms with van der Waals surface area (Å²) in [4.78, 5) is 2.08. The van der Waals surface area contributed by atoms with Gasteiger partial charge >= 0.3 is 0 Å². The van der Waals surface area contributed by atoms with Crippen LogP contribution in [0.15, 0.2) is 40.9 Å². The monoisotopic (exact) mass is 320 g/mol. The van der Waals surface area contributed by atoms with E-state index in [4.69, 9.17) is 0 Å². The summed E-state index contributed by atoms with van der Waals surface area (Å²) in [5.41, 5.74) is 1.94. The SMILES string of the molecule is CNCCN(C)c1ccc(-c2cccc(Br)c2)nn1. The van der Waals surface area contributed by atoms with E-state index in [9.17, 15) is 0 Å². The van der Waals surface area contributed by atoms with E-state index in [2.05, 4.69) is 36.3 Å². The van der Waals surface area contributed by atoms with Gasteiger partial charge in [-0.3, -0.25) is 0 Å². The lowest BCUT2D eigenvalue weighted by molar-refractivity contribution is 0.756. The quantitative estimate of drug-likeness (QED) is 0.919. The molecule has 100 valence electrons. The molecule has 0 aliphatic carbocycles. The highest BCUT2D eigenvalue weighted by Gasteiger charge is 2.04. The minimum absolute atomic E-state index is 0.882. The second-order valence-corrected chi connectivity index (χ2v) is 5.23. The second kappa shape index (κ2) is 6.63. The number of halogens is 1. The highest BCUT2D eigenvalue weighted by Crippen LogP contribution is 2.21. The zero-order valence-corrected chi connectivity index (χ0v) is 12.7. The van der Waals surface area contributed by atoms with Crippen molar-refractivity contribution in [3.05, 3.63) is 40.9 Å².